The number of hydrogen-bond acceptors (Lipinski definition) is 4. The van der Waals surface area contributed by atoms with Gasteiger partial charge in [0.05, 0.1) is 24.4 Å². The number of para-hydroxylation sites is 1. The Morgan fingerprint density at radius 3 is 2.55 bits per heavy atom. The van der Waals surface area contributed by atoms with Crippen molar-refractivity contribution in [2.45, 2.75) is 83.5 Å². The Morgan fingerprint density at radius 1 is 1.21 bits per heavy atom. The van der Waals surface area contributed by atoms with E-state index in [0.29, 0.717) is 24.2 Å². The van der Waals surface area contributed by atoms with Gasteiger partial charge in [0.15, 0.2) is 5.96 Å². The number of nitrogens with zero attached hydrogens (tertiary/aromatic N) is 1. The molecule has 1 fully saturated rings. The Bertz CT molecular complexity index is 1250. The van der Waals surface area contributed by atoms with E-state index in [4.69, 9.17) is 16.6 Å². The summed E-state index contributed by atoms with van der Waals surface area (Å²) in [6.07, 6.45) is 8.40. The molecule has 7 nitrogen and oxygen atoms in total. The summed E-state index contributed by atoms with van der Waals surface area (Å²) in [5.41, 5.74) is 1.08. The predicted octanol–water partition coefficient (Wildman–Crippen LogP) is 5.34. The Hall–Kier alpha value is -3.79. The van der Waals surface area contributed by atoms with Crippen LogP contribution in [-0.4, -0.2) is 33.8 Å². The normalized spacial score (nSPS) is 22.4. The highest BCUT2D eigenvalue weighted by Gasteiger charge is 2.44. The second kappa shape index (κ2) is 10.5. The quantitative estimate of drug-likeness (QED) is 0.435. The van der Waals surface area contributed by atoms with Gasteiger partial charge in [0.1, 0.15) is 11.4 Å². The number of guanidine groups is 1. The molecule has 2 aromatic rings. The molecule has 200 valence electrons. The highest BCUT2D eigenvalue weighted by atomic mass is 16.5. The SMILES string of the molecule is C#C[C@H]1[C@H](NC(=O)c2cccc(C(CC)N3C(=N)NC(CC)(CC)CC3=O)c2)c2ccccc2OC1(C)C. The fraction of sp³-hybridized carbons (Fsp3) is 0.452. The fourth-order valence-corrected chi connectivity index (χ4v) is 5.76. The van der Waals surface area contributed by atoms with Crippen molar-refractivity contribution in [3.63, 3.8) is 0 Å². The summed E-state index contributed by atoms with van der Waals surface area (Å²) in [5, 5.41) is 15.1. The van der Waals surface area contributed by atoms with Crippen LogP contribution in [0, 0.1) is 23.7 Å². The van der Waals surface area contributed by atoms with E-state index in [1.54, 1.807) is 6.07 Å². The van der Waals surface area contributed by atoms with Crippen LogP contribution in [0.1, 0.15) is 93.9 Å². The molecule has 2 aliphatic rings. The molecule has 0 spiro atoms. The second-order valence-electron chi connectivity index (χ2n) is 10.8. The Morgan fingerprint density at radius 2 is 1.92 bits per heavy atom. The van der Waals surface area contributed by atoms with E-state index >= 15 is 0 Å². The van der Waals surface area contributed by atoms with E-state index in [0.717, 1.165) is 24.0 Å². The maximum absolute atomic E-state index is 13.6. The summed E-state index contributed by atoms with van der Waals surface area (Å²) in [6.45, 7) is 9.93. The van der Waals surface area contributed by atoms with Crippen molar-refractivity contribution in [3.05, 3.63) is 65.2 Å². The van der Waals surface area contributed by atoms with Gasteiger partial charge in [-0.05, 0) is 56.9 Å². The van der Waals surface area contributed by atoms with Crippen LogP contribution in [0.5, 0.6) is 5.75 Å². The highest BCUT2D eigenvalue weighted by molar-refractivity contribution is 6.00. The number of terminal acetylenes is 1. The summed E-state index contributed by atoms with van der Waals surface area (Å²) in [6, 6.07) is 14.1. The zero-order valence-electron chi connectivity index (χ0n) is 22.9. The lowest BCUT2D eigenvalue weighted by atomic mass is 9.79. The number of ether oxygens (including phenoxy) is 1. The molecule has 3 N–H and O–H groups in total. The van der Waals surface area contributed by atoms with Gasteiger partial charge in [-0.25, -0.2) is 0 Å². The van der Waals surface area contributed by atoms with Crippen LogP contribution in [0.25, 0.3) is 0 Å². The lowest BCUT2D eigenvalue weighted by Gasteiger charge is -2.44. The van der Waals surface area contributed by atoms with Crippen LogP contribution in [-0.2, 0) is 4.79 Å². The Labute approximate surface area is 225 Å². The third-order valence-corrected chi connectivity index (χ3v) is 8.14. The number of amides is 2. The average Bonchev–Trinajstić information content (AvgIpc) is 2.90. The monoisotopic (exact) mass is 514 g/mol. The topological polar surface area (TPSA) is 94.5 Å². The first-order valence-corrected chi connectivity index (χ1v) is 13.4. The summed E-state index contributed by atoms with van der Waals surface area (Å²) in [4.78, 5) is 28.4. The fourth-order valence-electron chi connectivity index (χ4n) is 5.76. The van der Waals surface area contributed by atoms with Gasteiger partial charge < -0.3 is 15.4 Å². The van der Waals surface area contributed by atoms with Crippen LogP contribution in [0.15, 0.2) is 48.5 Å². The summed E-state index contributed by atoms with van der Waals surface area (Å²) >= 11 is 0. The van der Waals surface area contributed by atoms with Crippen LogP contribution < -0.4 is 15.4 Å². The van der Waals surface area contributed by atoms with E-state index in [1.165, 1.54) is 4.90 Å². The first-order valence-electron chi connectivity index (χ1n) is 13.4. The predicted molar refractivity (Wildman–Crippen MR) is 149 cm³/mol. The van der Waals surface area contributed by atoms with Gasteiger partial charge >= 0.3 is 0 Å². The van der Waals surface area contributed by atoms with Crippen LogP contribution in [0.4, 0.5) is 0 Å². The molecule has 0 radical (unpaired) electrons. The number of benzene rings is 2. The third-order valence-electron chi connectivity index (χ3n) is 8.14. The van der Waals surface area contributed by atoms with Crippen LogP contribution >= 0.6 is 0 Å². The number of carbonyl (C=O) groups excluding carboxylic acids is 2. The largest absolute Gasteiger partial charge is 0.486 e. The molecular formula is C31H38N4O3. The van der Waals surface area contributed by atoms with Gasteiger partial charge in [-0.1, -0.05) is 57.0 Å². The van der Waals surface area contributed by atoms with E-state index in [1.807, 2.05) is 77.1 Å². The van der Waals surface area contributed by atoms with E-state index in [9.17, 15) is 9.59 Å². The lowest BCUT2D eigenvalue weighted by molar-refractivity contribution is -0.132. The zero-order chi connectivity index (χ0) is 27.7. The number of rotatable bonds is 7. The number of carbonyl (C=O) groups is 2. The van der Waals surface area contributed by atoms with Crippen molar-refractivity contribution >= 4 is 17.8 Å². The van der Waals surface area contributed by atoms with Gasteiger partial charge in [0.25, 0.3) is 5.91 Å². The maximum atomic E-state index is 13.6. The zero-order valence-corrected chi connectivity index (χ0v) is 22.9. The first-order chi connectivity index (χ1) is 18.1. The maximum Gasteiger partial charge on any atom is 0.251 e. The molecule has 2 amide bonds. The molecule has 1 saturated heterocycles. The van der Waals surface area contributed by atoms with Crippen LogP contribution in [0.2, 0.25) is 0 Å². The molecule has 2 heterocycles. The molecule has 2 aromatic carbocycles. The highest BCUT2D eigenvalue weighted by Crippen LogP contribution is 2.43. The van der Waals surface area contributed by atoms with E-state index < -0.39 is 11.6 Å². The number of fused-ring (bicyclic) bond motifs is 1. The van der Waals surface area contributed by atoms with Crippen molar-refractivity contribution in [2.75, 3.05) is 0 Å². The first kappa shape index (κ1) is 27.3. The van der Waals surface area contributed by atoms with Gasteiger partial charge in [-0.2, -0.15) is 0 Å². The summed E-state index contributed by atoms with van der Waals surface area (Å²) in [5.74, 6) is 2.96. The van der Waals surface area contributed by atoms with Gasteiger partial charge in [-0.3, -0.25) is 19.9 Å². The number of hydrogen-bond donors (Lipinski definition) is 3. The van der Waals surface area contributed by atoms with Crippen molar-refractivity contribution in [1.82, 2.24) is 15.5 Å². The molecule has 2 aliphatic heterocycles. The van der Waals surface area contributed by atoms with Crippen molar-refractivity contribution in [3.8, 4) is 18.1 Å². The van der Waals surface area contributed by atoms with Gasteiger partial charge in [0.2, 0.25) is 5.91 Å². The molecule has 0 saturated carbocycles. The third kappa shape index (κ3) is 4.88. The van der Waals surface area contributed by atoms with Crippen LogP contribution in [0.3, 0.4) is 0 Å². The molecule has 0 bridgehead atoms. The van der Waals surface area contributed by atoms with E-state index in [2.05, 4.69) is 16.6 Å². The molecule has 3 atom stereocenters. The second-order valence-corrected chi connectivity index (χ2v) is 10.8. The molecule has 4 rings (SSSR count). The van der Waals surface area contributed by atoms with Gasteiger partial charge in [-0.15, -0.1) is 6.42 Å². The van der Waals surface area contributed by atoms with Crippen molar-refractivity contribution in [2.24, 2.45) is 5.92 Å². The minimum atomic E-state index is -0.662. The minimum Gasteiger partial charge on any atom is -0.486 e. The molecule has 0 aromatic heterocycles. The molecule has 0 aliphatic carbocycles. The standard InChI is InChI=1S/C31H38N4O3/c1-7-23-27(22-16-11-12-17-25(22)38-30(23,5)6)33-28(37)21-15-13-14-20(18-21)24(8-2)35-26(36)19-31(9-3,10-4)34-29(35)32/h1,11-18,23-24,27H,8-10,19H2,2-6H3,(H2,32,34)(H,33,37)/t23-,24?,27+/m0/s1. The molecule has 38 heavy (non-hydrogen) atoms. The smallest absolute Gasteiger partial charge is 0.251 e. The molecule has 7 heteroatoms. The number of nitrogens with one attached hydrogen (secondary N) is 3. The Balaban J connectivity index is 1.61. The molecule has 1 unspecified atom stereocenters. The van der Waals surface area contributed by atoms with Crippen molar-refractivity contribution < 1.29 is 14.3 Å². The lowest BCUT2D eigenvalue weighted by Crippen LogP contribution is -2.62. The minimum absolute atomic E-state index is 0.0722. The summed E-state index contributed by atoms with van der Waals surface area (Å²) < 4.78 is 6.17. The average molecular weight is 515 g/mol. The van der Waals surface area contributed by atoms with Gasteiger partial charge in [0, 0.05) is 16.7 Å². The Kier molecular flexibility index (Phi) is 7.55. The van der Waals surface area contributed by atoms with Crippen molar-refractivity contribution in [1.29, 1.82) is 5.41 Å². The van der Waals surface area contributed by atoms with E-state index in [-0.39, 0.29) is 35.3 Å². The summed E-state index contributed by atoms with van der Waals surface area (Å²) in [7, 11) is 0. The molecular weight excluding hydrogens is 476 g/mol.